The SMILES string of the molecule is C[C@H]1O[C@@H](O[C@H]2[C@H](O[C@H]3[C@H](O)[C@@H](O[C@@H]4O[C@H](CO)[C@@H](O)[C@H](O)[C@H]4O)[C@H](O[C@H]4CC[C@]5(C)[C@H]6CC=C7[C@@H]8CC(C)(C)C[C@H](O)[C@]8(CO)[C@H](O)[C@H](O)[C@@]7(C)[C@]6(C)CC[C@H]5C4(C)C)O[C@@H]3C(=O)O)O[C@H](CO)[C@H](O)[C@@H]2O)[C@H](O)[C@H](O)[C@H]1O. The van der Waals surface area contributed by atoms with Crippen LogP contribution in [0, 0.1) is 50.2 Å². The molecule has 4 heterocycles. The van der Waals surface area contributed by atoms with Crippen molar-refractivity contribution in [3.05, 3.63) is 11.6 Å². The summed E-state index contributed by atoms with van der Waals surface area (Å²) in [7, 11) is 0. The maximum Gasteiger partial charge on any atom is 0.335 e. The fraction of sp³-hybridized carbons (Fsp3) is 0.944. The van der Waals surface area contributed by atoms with E-state index in [9.17, 15) is 86.5 Å². The third kappa shape index (κ3) is 9.61. The number of fused-ring (bicyclic) bond motifs is 7. The van der Waals surface area contributed by atoms with E-state index < -0.39 is 206 Å². The summed E-state index contributed by atoms with van der Waals surface area (Å²) >= 11 is 0. The fourth-order valence-electron chi connectivity index (χ4n) is 16.9. The van der Waals surface area contributed by atoms with Crippen LogP contribution >= 0.6 is 0 Å². The van der Waals surface area contributed by atoms with E-state index in [1.165, 1.54) is 6.92 Å². The molecule has 0 aromatic carbocycles. The number of carboxylic acid groups (broad SMARTS) is 1. The Morgan fingerprint density at radius 3 is 1.72 bits per heavy atom. The lowest BCUT2D eigenvalue weighted by Crippen LogP contribution is -2.74. The molecular weight excluding hydrogens is 1050 g/mol. The van der Waals surface area contributed by atoms with Gasteiger partial charge < -0.3 is 120 Å². The number of aliphatic hydroxyl groups is 15. The summed E-state index contributed by atoms with van der Waals surface area (Å²) in [4.78, 5) is 13.4. The van der Waals surface area contributed by atoms with Crippen molar-refractivity contribution in [2.45, 2.75) is 248 Å². The van der Waals surface area contributed by atoms with Crippen molar-refractivity contribution in [2.24, 2.45) is 50.2 Å². The molecule has 4 saturated heterocycles. The van der Waals surface area contributed by atoms with Crippen molar-refractivity contribution in [1.29, 1.82) is 0 Å². The van der Waals surface area contributed by atoms with Crippen molar-refractivity contribution >= 4 is 5.97 Å². The predicted octanol–water partition coefficient (Wildman–Crippen LogP) is -3.53. The quantitative estimate of drug-likeness (QED) is 0.0665. The first-order valence-electron chi connectivity index (χ1n) is 28.0. The number of hydrogen-bond donors (Lipinski definition) is 16. The number of ether oxygens (including phenoxy) is 8. The van der Waals surface area contributed by atoms with E-state index in [0.29, 0.717) is 44.9 Å². The molecule has 25 heteroatoms. The lowest BCUT2D eigenvalue weighted by molar-refractivity contribution is -0.401. The minimum Gasteiger partial charge on any atom is -0.479 e. The first kappa shape index (κ1) is 61.8. The summed E-state index contributed by atoms with van der Waals surface area (Å²) in [5.41, 5.74) is -3.54. The van der Waals surface area contributed by atoms with Gasteiger partial charge in [-0.25, -0.2) is 4.79 Å². The van der Waals surface area contributed by atoms with Crippen LogP contribution in [0.25, 0.3) is 0 Å². The highest BCUT2D eigenvalue weighted by molar-refractivity contribution is 5.73. The van der Waals surface area contributed by atoms with Crippen molar-refractivity contribution in [3.8, 4) is 0 Å². The van der Waals surface area contributed by atoms with Gasteiger partial charge in [0, 0.05) is 5.41 Å². The van der Waals surface area contributed by atoms with E-state index in [2.05, 4.69) is 33.8 Å². The third-order valence-corrected chi connectivity index (χ3v) is 21.6. The standard InChI is InChI=1S/C54H88O25/c1-20-29(59)32(62)35(65)45(72-20)77-39-34(64)31(61)24(18-56)74-47(39)76-38-37(67)40(78-46-36(66)33(63)30(60)23(17-55)73-46)48(79-41(38)44(70)71)75-28-12-13-51(6)25(50(28,4)5)11-14-52(7)26(51)10-9-21-22-15-49(2,3)16-27(58)54(22,19-57)43(69)42(68)53(21,52)8/h9,20,22-43,45-48,55-69H,10-19H2,1-8H3,(H,70,71)/t20-,22+,23-,24-,25+,26-,27+,28+,29+,30-,31+,32-,33+,34+,35-,36-,37+,38+,39-,40-,41+,42+,43-,45+,46+,47+,48-,51+,52-,53+,54-/m1/s1. The molecule has 79 heavy (non-hydrogen) atoms. The van der Waals surface area contributed by atoms with Crippen LogP contribution in [0.3, 0.4) is 0 Å². The van der Waals surface area contributed by atoms with Gasteiger partial charge in [-0.15, -0.1) is 0 Å². The minimum atomic E-state index is -2.21. The number of carbonyl (C=O) groups is 1. The maximum atomic E-state index is 13.4. The predicted molar refractivity (Wildman–Crippen MR) is 266 cm³/mol. The van der Waals surface area contributed by atoms with Crippen LogP contribution in [-0.4, -0.2) is 255 Å². The molecule has 9 aliphatic rings. The van der Waals surface area contributed by atoms with E-state index in [4.69, 9.17) is 37.9 Å². The average Bonchev–Trinajstić information content (AvgIpc) is 3.50. The highest BCUT2D eigenvalue weighted by Crippen LogP contribution is 2.76. The van der Waals surface area contributed by atoms with Gasteiger partial charge in [0.2, 0.25) is 0 Å². The summed E-state index contributed by atoms with van der Waals surface area (Å²) in [5.74, 6) is -2.34. The first-order valence-corrected chi connectivity index (χ1v) is 28.0. The Morgan fingerprint density at radius 1 is 0.582 bits per heavy atom. The second-order valence-corrected chi connectivity index (χ2v) is 26.6. The minimum absolute atomic E-state index is 0.0741. The fourth-order valence-corrected chi connectivity index (χ4v) is 16.9. The van der Waals surface area contributed by atoms with Gasteiger partial charge >= 0.3 is 5.97 Å². The second-order valence-electron chi connectivity index (χ2n) is 26.6. The van der Waals surface area contributed by atoms with Gasteiger partial charge in [-0.05, 0) is 91.3 Å². The lowest BCUT2D eigenvalue weighted by Gasteiger charge is -2.73. The maximum absolute atomic E-state index is 13.4. The molecule has 16 N–H and O–H groups in total. The molecule has 0 amide bonds. The molecule has 8 fully saturated rings. The topological polar surface area (TPSA) is 415 Å². The van der Waals surface area contributed by atoms with Gasteiger partial charge in [0.1, 0.15) is 85.5 Å². The average molecular weight is 1140 g/mol. The zero-order valence-electron chi connectivity index (χ0n) is 46.1. The molecular formula is C54H88O25. The van der Waals surface area contributed by atoms with Crippen LogP contribution in [0.15, 0.2) is 11.6 Å². The normalized spacial score (nSPS) is 55.3. The molecule has 0 aromatic rings. The van der Waals surface area contributed by atoms with Gasteiger partial charge in [0.15, 0.2) is 31.3 Å². The van der Waals surface area contributed by atoms with E-state index >= 15 is 0 Å². The van der Waals surface area contributed by atoms with Crippen molar-refractivity contribution in [1.82, 2.24) is 0 Å². The number of aliphatic hydroxyl groups excluding tert-OH is 15. The van der Waals surface area contributed by atoms with Crippen LogP contribution in [-0.2, 0) is 42.7 Å². The molecule has 9 rings (SSSR count). The molecule has 5 aliphatic carbocycles. The van der Waals surface area contributed by atoms with Gasteiger partial charge in [-0.2, -0.15) is 0 Å². The number of aliphatic carboxylic acids is 1. The third-order valence-electron chi connectivity index (χ3n) is 21.6. The monoisotopic (exact) mass is 1140 g/mol. The highest BCUT2D eigenvalue weighted by Gasteiger charge is 2.74. The molecule has 0 spiro atoms. The van der Waals surface area contributed by atoms with Crippen molar-refractivity contribution in [2.75, 3.05) is 19.8 Å². The molecule has 0 radical (unpaired) electrons. The van der Waals surface area contributed by atoms with E-state index in [1.807, 2.05) is 20.8 Å². The smallest absolute Gasteiger partial charge is 0.335 e. The highest BCUT2D eigenvalue weighted by atomic mass is 16.8. The van der Waals surface area contributed by atoms with Gasteiger partial charge in [-0.3, -0.25) is 0 Å². The molecule has 454 valence electrons. The van der Waals surface area contributed by atoms with E-state index in [-0.39, 0.29) is 17.3 Å². The Bertz CT molecular complexity index is 2200. The van der Waals surface area contributed by atoms with E-state index in [0.717, 1.165) is 5.57 Å². The zero-order chi connectivity index (χ0) is 58.2. The Kier molecular flexibility index (Phi) is 17.2. The molecule has 25 nitrogen and oxygen atoms in total. The molecule has 4 saturated carbocycles. The first-order chi connectivity index (χ1) is 36.8. The zero-order valence-corrected chi connectivity index (χ0v) is 46.1. The molecule has 31 atom stereocenters. The summed E-state index contributed by atoms with van der Waals surface area (Å²) in [6.45, 7) is 13.6. The Balaban J connectivity index is 1.02. The van der Waals surface area contributed by atoms with Gasteiger partial charge in [0.25, 0.3) is 0 Å². The Morgan fingerprint density at radius 2 is 1.13 bits per heavy atom. The van der Waals surface area contributed by atoms with Gasteiger partial charge in [-0.1, -0.05) is 60.1 Å². The summed E-state index contributed by atoms with van der Waals surface area (Å²) in [6.07, 6.45) is -36.4. The second kappa shape index (κ2) is 22.0. The molecule has 0 aromatic heterocycles. The summed E-state index contributed by atoms with van der Waals surface area (Å²) in [6, 6.07) is 0. The molecule has 0 unspecified atom stereocenters. The molecule has 4 aliphatic heterocycles. The van der Waals surface area contributed by atoms with Crippen molar-refractivity contribution < 1.29 is 124 Å². The largest absolute Gasteiger partial charge is 0.479 e. The summed E-state index contributed by atoms with van der Waals surface area (Å²) < 4.78 is 48.3. The molecule has 0 bridgehead atoms. The van der Waals surface area contributed by atoms with Crippen LogP contribution < -0.4 is 0 Å². The number of allylic oxidation sites excluding steroid dienone is 1. The van der Waals surface area contributed by atoms with Crippen LogP contribution in [0.1, 0.15) is 100 Å². The van der Waals surface area contributed by atoms with Crippen LogP contribution in [0.2, 0.25) is 0 Å². The number of rotatable bonds is 12. The van der Waals surface area contributed by atoms with Gasteiger partial charge in [0.05, 0.1) is 55.8 Å². The van der Waals surface area contributed by atoms with Crippen LogP contribution in [0.4, 0.5) is 0 Å². The number of hydrogen-bond acceptors (Lipinski definition) is 24. The van der Waals surface area contributed by atoms with Crippen molar-refractivity contribution in [3.63, 3.8) is 0 Å². The van der Waals surface area contributed by atoms with Crippen LogP contribution in [0.5, 0.6) is 0 Å². The van der Waals surface area contributed by atoms with E-state index in [1.54, 1.807) is 0 Å². The number of carboxylic acids is 1. The Labute approximate surface area is 458 Å². The summed E-state index contributed by atoms with van der Waals surface area (Å²) in [5, 5.41) is 178. The lowest BCUT2D eigenvalue weighted by atomic mass is 9.32. The Hall–Kier alpha value is -1.71.